The van der Waals surface area contributed by atoms with Gasteiger partial charge in [0.1, 0.15) is 6.35 Å². The summed E-state index contributed by atoms with van der Waals surface area (Å²) in [6.45, 7) is 18.7. The topological polar surface area (TPSA) is 36.9 Å². The normalized spacial score (nSPS) is 39.2. The molecular weight excluding hydrogens is 462 g/mol. The van der Waals surface area contributed by atoms with Crippen molar-refractivity contribution in [1.29, 1.82) is 0 Å². The molecule has 4 nitrogen and oxygen atoms in total. The minimum Gasteiger partial charge on any atom is -0.592 e. The Labute approximate surface area is 258 Å². The number of fused-ring (bicyclic) bond motifs is 4. The van der Waals surface area contributed by atoms with Gasteiger partial charge in [0.05, 0.1) is 19.0 Å². The van der Waals surface area contributed by atoms with Crippen LogP contribution >= 0.6 is 0 Å². The molecule has 0 amide bonds. The maximum atomic E-state index is 6.85. The Hall–Kier alpha value is 1.12. The van der Waals surface area contributed by atoms with Gasteiger partial charge >= 0.3 is 51.4 Å². The first-order valence-electron chi connectivity index (χ1n) is 14.1. The SMILES string of the molecule is COCCOCO/C(C)=C\C[B-](OC)([C@@H]1C[C@@H]2C[C@H]([C@H]1C)C2(C)C)[C@@H]1C[C@@H]2C[C@H]([C@H]1C)C2(C)C.[K+]. The molecule has 0 aromatic carbocycles. The van der Waals surface area contributed by atoms with Gasteiger partial charge in [0, 0.05) is 7.11 Å². The van der Waals surface area contributed by atoms with Gasteiger partial charge in [-0.1, -0.05) is 72.3 Å². The predicted molar refractivity (Wildman–Crippen MR) is 141 cm³/mol. The van der Waals surface area contributed by atoms with Crippen molar-refractivity contribution in [3.63, 3.8) is 0 Å². The van der Waals surface area contributed by atoms with E-state index < -0.39 is 6.35 Å². The van der Waals surface area contributed by atoms with Gasteiger partial charge in [-0.05, 0) is 61.4 Å². The number of rotatable bonds is 11. The van der Waals surface area contributed by atoms with E-state index in [1.165, 1.54) is 25.7 Å². The standard InChI is InChI=1S/C29H52BO4.K/c1-19(34-18-33-13-12-31-8)10-11-30(32-9,26-16-22-14-24(20(26)2)28(22,4)5)27-17-23-15-25(21(27)3)29(23,6)7;/h10,20-27H,11-18H2,1-9H3;/q-1;+1/b19-10-;/t20-,21-,22+,23+,24-,25-,26-,27-;/m1./s1. The fourth-order valence-electron chi connectivity index (χ4n) is 9.73. The number of hydrogen-bond acceptors (Lipinski definition) is 4. The molecule has 6 aliphatic carbocycles. The largest absolute Gasteiger partial charge is 1.00 e. The van der Waals surface area contributed by atoms with Crippen molar-refractivity contribution in [3.05, 3.63) is 11.8 Å². The molecule has 0 aromatic rings. The van der Waals surface area contributed by atoms with Gasteiger partial charge in [0.15, 0.2) is 6.79 Å². The van der Waals surface area contributed by atoms with E-state index in [0.29, 0.717) is 35.7 Å². The molecule has 6 fully saturated rings. The number of ether oxygens (including phenoxy) is 3. The molecule has 0 aliphatic heterocycles. The zero-order valence-electron chi connectivity index (χ0n) is 24.6. The smallest absolute Gasteiger partial charge is 0.592 e. The van der Waals surface area contributed by atoms with Crippen LogP contribution in [-0.4, -0.2) is 40.6 Å². The quantitative estimate of drug-likeness (QED) is 0.179. The molecule has 6 aliphatic rings. The van der Waals surface area contributed by atoms with E-state index in [1.54, 1.807) is 7.11 Å². The first kappa shape index (κ1) is 30.7. The molecule has 0 N–H and O–H groups in total. The second-order valence-corrected chi connectivity index (χ2v) is 13.8. The van der Waals surface area contributed by atoms with Crippen LogP contribution in [0.4, 0.5) is 0 Å². The predicted octanol–water partition coefficient (Wildman–Crippen LogP) is 4.27. The van der Waals surface area contributed by atoms with E-state index in [9.17, 15) is 0 Å². The summed E-state index contributed by atoms with van der Waals surface area (Å²) in [5, 5.41) is 0. The van der Waals surface area contributed by atoms with E-state index in [-0.39, 0.29) is 58.2 Å². The molecule has 0 spiro atoms. The molecule has 6 saturated carbocycles. The fourth-order valence-corrected chi connectivity index (χ4v) is 9.73. The molecule has 8 atom stereocenters. The van der Waals surface area contributed by atoms with Crippen LogP contribution in [0.25, 0.3) is 0 Å². The van der Waals surface area contributed by atoms with Gasteiger partial charge in [-0.15, -0.1) is 18.0 Å². The summed E-state index contributed by atoms with van der Waals surface area (Å²) in [5.74, 6) is 7.17. The molecule has 0 heterocycles. The molecule has 0 radical (unpaired) electrons. The fraction of sp³-hybridized carbons (Fsp3) is 0.931. The van der Waals surface area contributed by atoms with Crippen molar-refractivity contribution >= 4 is 6.35 Å². The molecule has 0 saturated heterocycles. The summed E-state index contributed by atoms with van der Waals surface area (Å²) in [6.07, 6.45) is 7.88. The first-order chi connectivity index (χ1) is 16.0. The molecule has 4 bridgehead atoms. The summed E-state index contributed by atoms with van der Waals surface area (Å²) in [5.41, 5.74) is 1.00. The Balaban J connectivity index is 0.00000342. The number of methoxy groups -OCH3 is 1. The maximum Gasteiger partial charge on any atom is 1.00 e. The van der Waals surface area contributed by atoms with Crippen molar-refractivity contribution < 1.29 is 70.2 Å². The zero-order valence-corrected chi connectivity index (χ0v) is 27.7. The van der Waals surface area contributed by atoms with Crippen LogP contribution in [0.2, 0.25) is 18.0 Å². The summed E-state index contributed by atoms with van der Waals surface area (Å²) in [4.78, 5) is 0. The first-order valence-corrected chi connectivity index (χ1v) is 14.1. The van der Waals surface area contributed by atoms with E-state index in [4.69, 9.17) is 18.9 Å². The van der Waals surface area contributed by atoms with Crippen LogP contribution in [0.1, 0.15) is 74.1 Å². The van der Waals surface area contributed by atoms with Crippen molar-refractivity contribution in [2.75, 3.05) is 34.2 Å². The Kier molecular flexibility index (Phi) is 10.2. The molecule has 6 heteroatoms. The summed E-state index contributed by atoms with van der Waals surface area (Å²) in [7, 11) is 3.73. The van der Waals surface area contributed by atoms with E-state index in [0.717, 1.165) is 47.6 Å². The van der Waals surface area contributed by atoms with E-state index in [1.807, 2.05) is 7.11 Å². The second kappa shape index (κ2) is 11.7. The third-order valence-electron chi connectivity index (χ3n) is 12.3. The Morgan fingerprint density at radius 3 is 1.77 bits per heavy atom. The third kappa shape index (κ3) is 5.32. The second-order valence-electron chi connectivity index (χ2n) is 13.8. The van der Waals surface area contributed by atoms with Gasteiger partial charge in [-0.25, -0.2) is 0 Å². The molecular formula is C29H52BKO4. The molecule has 0 unspecified atom stereocenters. The van der Waals surface area contributed by atoms with Crippen molar-refractivity contribution in [2.45, 2.75) is 92.1 Å². The van der Waals surface area contributed by atoms with E-state index >= 15 is 0 Å². The molecule has 0 aromatic heterocycles. The van der Waals surface area contributed by atoms with Crippen LogP contribution in [0, 0.1) is 46.3 Å². The van der Waals surface area contributed by atoms with Crippen LogP contribution in [0.15, 0.2) is 11.8 Å². The zero-order chi connectivity index (χ0) is 24.9. The minimum atomic E-state index is -0.997. The monoisotopic (exact) mass is 514 g/mol. The third-order valence-corrected chi connectivity index (χ3v) is 12.3. The van der Waals surface area contributed by atoms with Gasteiger partial charge < -0.3 is 18.9 Å². The van der Waals surface area contributed by atoms with Crippen molar-refractivity contribution in [1.82, 2.24) is 0 Å². The Bertz CT molecular complexity index is 711. The van der Waals surface area contributed by atoms with Crippen molar-refractivity contribution in [2.24, 2.45) is 46.3 Å². The maximum absolute atomic E-state index is 6.85. The molecule has 35 heavy (non-hydrogen) atoms. The van der Waals surface area contributed by atoms with Gasteiger partial charge in [0.2, 0.25) is 0 Å². The molecule has 196 valence electrons. The average Bonchev–Trinajstić information content (AvgIpc) is 2.80. The van der Waals surface area contributed by atoms with Gasteiger partial charge in [-0.2, -0.15) is 0 Å². The molecule has 6 rings (SSSR count). The number of hydrogen-bond donors (Lipinski definition) is 0. The van der Waals surface area contributed by atoms with Gasteiger partial charge in [-0.3, -0.25) is 0 Å². The summed E-state index contributed by atoms with van der Waals surface area (Å²) >= 11 is 0. The Morgan fingerprint density at radius 2 is 1.37 bits per heavy atom. The summed E-state index contributed by atoms with van der Waals surface area (Å²) < 4.78 is 23.4. The van der Waals surface area contributed by atoms with Crippen LogP contribution in [0.3, 0.4) is 0 Å². The minimum absolute atomic E-state index is 0. The number of allylic oxidation sites excluding steroid dienone is 2. The van der Waals surface area contributed by atoms with Gasteiger partial charge in [0.25, 0.3) is 0 Å². The van der Waals surface area contributed by atoms with Crippen molar-refractivity contribution in [3.8, 4) is 0 Å². The average molecular weight is 515 g/mol. The van der Waals surface area contributed by atoms with E-state index in [2.05, 4.69) is 54.5 Å². The van der Waals surface area contributed by atoms with Crippen LogP contribution in [-0.2, 0) is 18.9 Å². The summed E-state index contributed by atoms with van der Waals surface area (Å²) in [6, 6.07) is 0. The Morgan fingerprint density at radius 1 is 0.857 bits per heavy atom. The van der Waals surface area contributed by atoms with Crippen LogP contribution in [0.5, 0.6) is 0 Å². The van der Waals surface area contributed by atoms with Crippen LogP contribution < -0.4 is 51.4 Å².